The van der Waals surface area contributed by atoms with Crippen molar-refractivity contribution < 1.29 is 18.8 Å². The Bertz CT molecular complexity index is 779. The topological polar surface area (TPSA) is 105 Å². The van der Waals surface area contributed by atoms with Crippen molar-refractivity contribution in [3.05, 3.63) is 47.2 Å². The molecule has 0 spiro atoms. The first kappa shape index (κ1) is 16.8. The molecule has 0 bridgehead atoms. The molecule has 1 N–H and O–H groups in total. The van der Waals surface area contributed by atoms with Crippen LogP contribution in [0.5, 0.6) is 0 Å². The molecule has 0 saturated heterocycles. The van der Waals surface area contributed by atoms with Gasteiger partial charge >= 0.3 is 0 Å². The number of carbonyl (C=O) groups excluding carboxylic acids is 3. The average Bonchev–Trinajstić information content (AvgIpc) is 3.12. The number of fused-ring (bicyclic) bond motifs is 1. The zero-order valence-corrected chi connectivity index (χ0v) is 13.8. The van der Waals surface area contributed by atoms with Crippen LogP contribution in [0, 0.1) is 6.92 Å². The smallest absolute Gasteiger partial charge is 0.261 e. The zero-order chi connectivity index (χ0) is 17.8. The molecule has 1 aromatic heterocycles. The second-order valence-corrected chi connectivity index (χ2v) is 5.73. The maximum Gasteiger partial charge on any atom is 0.261 e. The first-order valence-electron chi connectivity index (χ1n) is 8.07. The summed E-state index contributed by atoms with van der Waals surface area (Å²) in [6, 6.07) is 6.74. The van der Waals surface area contributed by atoms with Gasteiger partial charge in [-0.2, -0.15) is 0 Å². The first-order chi connectivity index (χ1) is 12.1. The lowest BCUT2D eigenvalue weighted by Crippen LogP contribution is -2.32. The van der Waals surface area contributed by atoms with Crippen molar-refractivity contribution in [1.29, 1.82) is 0 Å². The fourth-order valence-corrected chi connectivity index (χ4v) is 2.68. The number of nitrogens with zero attached hydrogens (tertiary/aromatic N) is 3. The number of imide groups is 1. The van der Waals surface area contributed by atoms with Crippen LogP contribution in [0.1, 0.15) is 45.3 Å². The molecular formula is C17H18N4O4. The summed E-state index contributed by atoms with van der Waals surface area (Å²) in [5, 5.41) is 10.3. The van der Waals surface area contributed by atoms with E-state index in [2.05, 4.69) is 15.5 Å². The highest BCUT2D eigenvalue weighted by molar-refractivity contribution is 6.21. The SMILES string of the molecule is Cc1nnc(CCNC(=O)CCCN2C(=O)c3ccccc3C2=O)o1. The van der Waals surface area contributed by atoms with Crippen LogP contribution in [0.15, 0.2) is 28.7 Å². The molecule has 8 heteroatoms. The summed E-state index contributed by atoms with van der Waals surface area (Å²) in [4.78, 5) is 37.4. The lowest BCUT2D eigenvalue weighted by atomic mass is 10.1. The minimum atomic E-state index is -0.298. The van der Waals surface area contributed by atoms with Crippen LogP contribution in [0.3, 0.4) is 0 Å². The number of rotatable bonds is 7. The van der Waals surface area contributed by atoms with Crippen molar-refractivity contribution in [2.24, 2.45) is 0 Å². The predicted octanol–water partition coefficient (Wildman–Crippen LogP) is 1.11. The maximum atomic E-state index is 12.2. The van der Waals surface area contributed by atoms with Gasteiger partial charge in [-0.3, -0.25) is 19.3 Å². The van der Waals surface area contributed by atoms with Crippen LogP contribution in [-0.4, -0.2) is 45.9 Å². The summed E-state index contributed by atoms with van der Waals surface area (Å²) in [6.07, 6.45) is 1.11. The fourth-order valence-electron chi connectivity index (χ4n) is 2.68. The Labute approximate surface area is 144 Å². The summed E-state index contributed by atoms with van der Waals surface area (Å²) in [5.41, 5.74) is 0.846. The van der Waals surface area contributed by atoms with Crippen molar-refractivity contribution in [1.82, 2.24) is 20.4 Å². The van der Waals surface area contributed by atoms with E-state index < -0.39 is 0 Å². The number of aromatic nitrogens is 2. The van der Waals surface area contributed by atoms with Crippen molar-refractivity contribution in [2.75, 3.05) is 13.1 Å². The molecule has 0 unspecified atom stereocenters. The Morgan fingerprint density at radius 1 is 1.16 bits per heavy atom. The third-order valence-corrected chi connectivity index (χ3v) is 3.89. The second-order valence-electron chi connectivity index (χ2n) is 5.73. The molecule has 3 amide bonds. The molecule has 1 aliphatic heterocycles. The van der Waals surface area contributed by atoms with E-state index in [1.807, 2.05) is 0 Å². The van der Waals surface area contributed by atoms with Crippen molar-refractivity contribution >= 4 is 17.7 Å². The second kappa shape index (κ2) is 7.25. The third kappa shape index (κ3) is 3.73. The van der Waals surface area contributed by atoms with Gasteiger partial charge < -0.3 is 9.73 Å². The molecule has 8 nitrogen and oxygen atoms in total. The quantitative estimate of drug-likeness (QED) is 0.756. The number of benzene rings is 1. The van der Waals surface area contributed by atoms with E-state index in [1.165, 1.54) is 4.90 Å². The molecule has 130 valence electrons. The van der Waals surface area contributed by atoms with Crippen molar-refractivity contribution in [2.45, 2.75) is 26.2 Å². The van der Waals surface area contributed by atoms with E-state index in [0.717, 1.165) is 0 Å². The highest BCUT2D eigenvalue weighted by Gasteiger charge is 2.34. The lowest BCUT2D eigenvalue weighted by Gasteiger charge is -2.13. The van der Waals surface area contributed by atoms with Crippen molar-refractivity contribution in [3.63, 3.8) is 0 Å². The Morgan fingerprint density at radius 2 is 1.84 bits per heavy atom. The third-order valence-electron chi connectivity index (χ3n) is 3.89. The van der Waals surface area contributed by atoms with Crippen LogP contribution in [0.4, 0.5) is 0 Å². The van der Waals surface area contributed by atoms with Gasteiger partial charge in [-0.1, -0.05) is 12.1 Å². The van der Waals surface area contributed by atoms with E-state index in [1.54, 1.807) is 31.2 Å². The Kier molecular flexibility index (Phi) is 4.87. The molecule has 25 heavy (non-hydrogen) atoms. The Morgan fingerprint density at radius 3 is 2.44 bits per heavy atom. The molecule has 1 aromatic carbocycles. The number of amides is 3. The van der Waals surface area contributed by atoms with E-state index >= 15 is 0 Å². The van der Waals surface area contributed by atoms with Gasteiger partial charge in [0.2, 0.25) is 17.7 Å². The molecule has 1 aliphatic rings. The number of hydrogen-bond donors (Lipinski definition) is 1. The first-order valence-corrected chi connectivity index (χ1v) is 8.07. The van der Waals surface area contributed by atoms with Gasteiger partial charge in [0, 0.05) is 32.9 Å². The zero-order valence-electron chi connectivity index (χ0n) is 13.8. The molecular weight excluding hydrogens is 324 g/mol. The van der Waals surface area contributed by atoms with E-state index in [-0.39, 0.29) is 30.7 Å². The fraction of sp³-hybridized carbons (Fsp3) is 0.353. The Balaban J connectivity index is 1.40. The molecule has 0 radical (unpaired) electrons. The molecule has 2 aromatic rings. The summed E-state index contributed by atoms with van der Waals surface area (Å²) < 4.78 is 5.21. The number of carbonyl (C=O) groups is 3. The molecule has 0 atom stereocenters. The van der Waals surface area contributed by atoms with E-state index in [4.69, 9.17) is 4.42 Å². The van der Waals surface area contributed by atoms with E-state index in [9.17, 15) is 14.4 Å². The minimum Gasteiger partial charge on any atom is -0.426 e. The molecule has 3 rings (SSSR count). The van der Waals surface area contributed by atoms with Gasteiger partial charge in [-0.15, -0.1) is 10.2 Å². The van der Waals surface area contributed by atoms with Gasteiger partial charge in [-0.25, -0.2) is 0 Å². The maximum absolute atomic E-state index is 12.2. The van der Waals surface area contributed by atoms with Gasteiger partial charge in [0.15, 0.2) is 0 Å². The predicted molar refractivity (Wildman–Crippen MR) is 86.8 cm³/mol. The normalized spacial score (nSPS) is 13.2. The number of nitrogens with one attached hydrogen (secondary N) is 1. The molecule has 0 fully saturated rings. The molecule has 2 heterocycles. The minimum absolute atomic E-state index is 0.146. The summed E-state index contributed by atoms with van der Waals surface area (Å²) in [6.45, 7) is 2.32. The van der Waals surface area contributed by atoms with Crippen LogP contribution >= 0.6 is 0 Å². The average molecular weight is 342 g/mol. The lowest BCUT2D eigenvalue weighted by molar-refractivity contribution is -0.121. The highest BCUT2D eigenvalue weighted by atomic mass is 16.4. The van der Waals surface area contributed by atoms with Crippen LogP contribution in [-0.2, 0) is 11.2 Å². The molecule has 0 aliphatic carbocycles. The van der Waals surface area contributed by atoms with Crippen molar-refractivity contribution in [3.8, 4) is 0 Å². The number of hydrogen-bond acceptors (Lipinski definition) is 6. The van der Waals surface area contributed by atoms with Gasteiger partial charge in [0.05, 0.1) is 11.1 Å². The number of aryl methyl sites for hydroxylation is 1. The summed E-state index contributed by atoms with van der Waals surface area (Å²) in [7, 11) is 0. The molecule has 0 saturated carbocycles. The largest absolute Gasteiger partial charge is 0.426 e. The highest BCUT2D eigenvalue weighted by Crippen LogP contribution is 2.22. The van der Waals surface area contributed by atoms with E-state index in [0.29, 0.717) is 42.3 Å². The van der Waals surface area contributed by atoms with Gasteiger partial charge in [-0.05, 0) is 18.6 Å². The van der Waals surface area contributed by atoms with Gasteiger partial charge in [0.1, 0.15) is 0 Å². The van der Waals surface area contributed by atoms with Crippen LogP contribution in [0.2, 0.25) is 0 Å². The summed E-state index contributed by atoms with van der Waals surface area (Å²) in [5.74, 6) is 0.222. The van der Waals surface area contributed by atoms with Crippen LogP contribution in [0.25, 0.3) is 0 Å². The van der Waals surface area contributed by atoms with Crippen LogP contribution < -0.4 is 5.32 Å². The summed E-state index contributed by atoms with van der Waals surface area (Å²) >= 11 is 0. The van der Waals surface area contributed by atoms with Gasteiger partial charge in [0.25, 0.3) is 11.8 Å². The Hall–Kier alpha value is -3.03. The standard InChI is InChI=1S/C17H18N4O4/c1-11-19-20-15(25-11)8-9-18-14(22)7-4-10-21-16(23)12-5-2-3-6-13(12)17(21)24/h2-3,5-6H,4,7-10H2,1H3,(H,18,22). The monoisotopic (exact) mass is 342 g/mol.